The van der Waals surface area contributed by atoms with Crippen LogP contribution in [0.2, 0.25) is 10.0 Å². The van der Waals surface area contributed by atoms with Gasteiger partial charge in [0.1, 0.15) is 18.4 Å². The van der Waals surface area contributed by atoms with Gasteiger partial charge in [-0.15, -0.1) is 0 Å². The number of sulfonamides is 1. The second-order valence-electron chi connectivity index (χ2n) is 9.04. The smallest absolute Gasteiger partial charge is 0.244 e. The zero-order chi connectivity index (χ0) is 26.5. The maximum atomic E-state index is 13.5. The van der Waals surface area contributed by atoms with Crippen LogP contribution in [0, 0.1) is 5.82 Å². The molecule has 0 saturated heterocycles. The molecule has 36 heavy (non-hydrogen) atoms. The van der Waals surface area contributed by atoms with Crippen molar-refractivity contribution in [3.05, 3.63) is 63.9 Å². The Bertz CT molecular complexity index is 1190. The van der Waals surface area contributed by atoms with E-state index in [9.17, 15) is 22.4 Å². The van der Waals surface area contributed by atoms with E-state index in [0.717, 1.165) is 42.7 Å². The van der Waals surface area contributed by atoms with E-state index in [-0.39, 0.29) is 34.2 Å². The van der Waals surface area contributed by atoms with Gasteiger partial charge in [0.2, 0.25) is 21.8 Å². The molecule has 1 aliphatic carbocycles. The largest absolute Gasteiger partial charge is 0.352 e. The molecule has 0 heterocycles. The number of amides is 2. The molecule has 2 amide bonds. The lowest BCUT2D eigenvalue weighted by molar-refractivity contribution is -0.139. The lowest BCUT2D eigenvalue weighted by Gasteiger charge is -2.33. The zero-order valence-electron chi connectivity index (χ0n) is 20.2. The predicted molar refractivity (Wildman–Crippen MR) is 140 cm³/mol. The van der Waals surface area contributed by atoms with E-state index >= 15 is 0 Å². The minimum atomic E-state index is -3.89. The summed E-state index contributed by atoms with van der Waals surface area (Å²) < 4.78 is 39.6. The van der Waals surface area contributed by atoms with Gasteiger partial charge in [0.15, 0.2) is 0 Å². The summed E-state index contributed by atoms with van der Waals surface area (Å²) in [7, 11) is -3.89. The van der Waals surface area contributed by atoms with Crippen LogP contribution >= 0.6 is 23.2 Å². The third-order valence-corrected chi connectivity index (χ3v) is 8.14. The average molecular weight is 559 g/mol. The van der Waals surface area contributed by atoms with Crippen LogP contribution in [0.15, 0.2) is 42.5 Å². The lowest BCUT2D eigenvalue weighted by atomic mass is 9.95. The first-order chi connectivity index (χ1) is 17.0. The van der Waals surface area contributed by atoms with Crippen molar-refractivity contribution in [2.75, 3.05) is 17.1 Å². The maximum absolute atomic E-state index is 13.5. The van der Waals surface area contributed by atoms with Gasteiger partial charge in [-0.2, -0.15) is 0 Å². The molecule has 1 atom stereocenters. The molecule has 1 unspecified atom stereocenters. The first-order valence-electron chi connectivity index (χ1n) is 11.7. The monoisotopic (exact) mass is 557 g/mol. The Balaban J connectivity index is 1.87. The fourth-order valence-electron chi connectivity index (χ4n) is 4.19. The highest BCUT2D eigenvalue weighted by molar-refractivity contribution is 7.92. The summed E-state index contributed by atoms with van der Waals surface area (Å²) in [5.41, 5.74) is 0.767. The van der Waals surface area contributed by atoms with Crippen LogP contribution in [-0.2, 0) is 26.2 Å². The summed E-state index contributed by atoms with van der Waals surface area (Å²) in [6.07, 6.45) is 5.93. The summed E-state index contributed by atoms with van der Waals surface area (Å²) in [5.74, 6) is -1.34. The van der Waals surface area contributed by atoms with Crippen molar-refractivity contribution in [2.24, 2.45) is 0 Å². The molecule has 0 aliphatic heterocycles. The third-order valence-electron chi connectivity index (χ3n) is 6.26. The lowest BCUT2D eigenvalue weighted by Crippen LogP contribution is -2.52. The Labute approximate surface area is 221 Å². The Morgan fingerprint density at radius 3 is 2.28 bits per heavy atom. The van der Waals surface area contributed by atoms with Crippen molar-refractivity contribution in [1.82, 2.24) is 10.2 Å². The fourth-order valence-corrected chi connectivity index (χ4v) is 5.33. The second kappa shape index (κ2) is 12.3. The number of carbonyl (C=O) groups is 2. The quantitative estimate of drug-likeness (QED) is 0.481. The topological polar surface area (TPSA) is 86.8 Å². The fraction of sp³-hybridized carbons (Fsp3) is 0.440. The highest BCUT2D eigenvalue weighted by Crippen LogP contribution is 2.28. The van der Waals surface area contributed by atoms with Gasteiger partial charge in [-0.05, 0) is 55.7 Å². The molecular weight excluding hydrogens is 528 g/mol. The first kappa shape index (κ1) is 28.2. The van der Waals surface area contributed by atoms with Crippen LogP contribution in [0.5, 0.6) is 0 Å². The van der Waals surface area contributed by atoms with Gasteiger partial charge in [0.25, 0.3) is 0 Å². The number of carbonyl (C=O) groups excluding carboxylic acids is 2. The van der Waals surface area contributed by atoms with Gasteiger partial charge in [-0.1, -0.05) is 54.6 Å². The molecule has 7 nitrogen and oxygen atoms in total. The van der Waals surface area contributed by atoms with Crippen molar-refractivity contribution in [2.45, 2.75) is 57.7 Å². The van der Waals surface area contributed by atoms with E-state index in [2.05, 4.69) is 5.32 Å². The summed E-state index contributed by atoms with van der Waals surface area (Å²) in [5, 5.41) is 3.40. The molecule has 2 aromatic carbocycles. The van der Waals surface area contributed by atoms with Gasteiger partial charge in [-0.25, -0.2) is 12.8 Å². The van der Waals surface area contributed by atoms with Gasteiger partial charge >= 0.3 is 0 Å². The van der Waals surface area contributed by atoms with E-state index in [4.69, 9.17) is 23.2 Å². The summed E-state index contributed by atoms with van der Waals surface area (Å²) >= 11 is 12.0. The van der Waals surface area contributed by atoms with Crippen LogP contribution in [0.25, 0.3) is 0 Å². The molecule has 196 valence electrons. The highest BCUT2D eigenvalue weighted by atomic mass is 35.5. The molecule has 3 rings (SSSR count). The van der Waals surface area contributed by atoms with Crippen LogP contribution in [-0.4, -0.2) is 50.0 Å². The number of rotatable bonds is 9. The maximum Gasteiger partial charge on any atom is 0.244 e. The highest BCUT2D eigenvalue weighted by Gasteiger charge is 2.31. The first-order valence-corrected chi connectivity index (χ1v) is 14.3. The van der Waals surface area contributed by atoms with Crippen molar-refractivity contribution in [3.8, 4) is 0 Å². The molecule has 1 fully saturated rings. The average Bonchev–Trinajstić information content (AvgIpc) is 2.83. The van der Waals surface area contributed by atoms with Crippen molar-refractivity contribution < 1.29 is 22.4 Å². The summed E-state index contributed by atoms with van der Waals surface area (Å²) in [4.78, 5) is 28.0. The van der Waals surface area contributed by atoms with Crippen LogP contribution in [0.1, 0.15) is 44.6 Å². The number of halogens is 3. The standard InChI is InChI=1S/C25H30Cl2FN3O4S/c1-17(25(33)29-20-6-4-3-5-7-20)30(15-18-8-10-19(28)11-9-18)24(32)16-31(36(2,34)35)21-12-13-22(26)23(27)14-21/h8-14,17,20H,3-7,15-16H2,1-2H3,(H,29,33). The molecule has 0 radical (unpaired) electrons. The Morgan fingerprint density at radius 1 is 1.06 bits per heavy atom. The number of nitrogens with zero attached hydrogens (tertiary/aromatic N) is 2. The Morgan fingerprint density at radius 2 is 1.69 bits per heavy atom. The van der Waals surface area contributed by atoms with E-state index < -0.39 is 34.3 Å². The van der Waals surface area contributed by atoms with Crippen molar-refractivity contribution >= 4 is 50.7 Å². The molecule has 2 aromatic rings. The number of hydrogen-bond donors (Lipinski definition) is 1. The van der Waals surface area contributed by atoms with Crippen LogP contribution < -0.4 is 9.62 Å². The molecule has 1 N–H and O–H groups in total. The van der Waals surface area contributed by atoms with Crippen LogP contribution in [0.4, 0.5) is 10.1 Å². The molecule has 1 aliphatic rings. The predicted octanol–water partition coefficient (Wildman–Crippen LogP) is 4.76. The summed E-state index contributed by atoms with van der Waals surface area (Å²) in [6, 6.07) is 8.99. The van der Waals surface area contributed by atoms with Crippen molar-refractivity contribution in [3.63, 3.8) is 0 Å². The van der Waals surface area contributed by atoms with Gasteiger partial charge in [-0.3, -0.25) is 13.9 Å². The van der Waals surface area contributed by atoms with E-state index in [1.165, 1.54) is 47.4 Å². The normalized spacial score (nSPS) is 15.2. The Hall–Kier alpha value is -2.36. The van der Waals surface area contributed by atoms with Gasteiger partial charge in [0, 0.05) is 12.6 Å². The SMILES string of the molecule is CC(C(=O)NC1CCCCC1)N(Cc1ccc(F)cc1)C(=O)CN(c1ccc(Cl)c(Cl)c1)S(C)(=O)=O. The number of benzene rings is 2. The van der Waals surface area contributed by atoms with Gasteiger partial charge in [0.05, 0.1) is 22.0 Å². The number of anilines is 1. The van der Waals surface area contributed by atoms with Crippen LogP contribution in [0.3, 0.4) is 0 Å². The van der Waals surface area contributed by atoms with Crippen molar-refractivity contribution in [1.29, 1.82) is 0 Å². The Kier molecular flexibility index (Phi) is 9.60. The molecule has 0 spiro atoms. The molecular formula is C25H30Cl2FN3O4S. The molecule has 0 bridgehead atoms. The van der Waals surface area contributed by atoms with E-state index in [1.54, 1.807) is 6.92 Å². The molecule has 0 aromatic heterocycles. The zero-order valence-corrected chi connectivity index (χ0v) is 22.5. The van der Waals surface area contributed by atoms with Gasteiger partial charge < -0.3 is 10.2 Å². The summed E-state index contributed by atoms with van der Waals surface area (Å²) in [6.45, 7) is 1.04. The number of nitrogens with one attached hydrogen (secondary N) is 1. The minimum Gasteiger partial charge on any atom is -0.352 e. The second-order valence-corrected chi connectivity index (χ2v) is 11.8. The minimum absolute atomic E-state index is 0.00264. The molecule has 11 heteroatoms. The van der Waals surface area contributed by atoms with E-state index in [0.29, 0.717) is 5.56 Å². The van der Waals surface area contributed by atoms with E-state index in [1.807, 2.05) is 0 Å². The molecule has 1 saturated carbocycles. The third kappa shape index (κ3) is 7.57. The number of hydrogen-bond acceptors (Lipinski definition) is 4.